The number of nitrogens with two attached hydrogens (primary N) is 1. The number of aliphatic carboxylic acids is 1. The van der Waals surface area contributed by atoms with E-state index in [1.54, 1.807) is 0 Å². The van der Waals surface area contributed by atoms with Crippen molar-refractivity contribution >= 4 is 12.0 Å². The average Bonchev–Trinajstić information content (AvgIpc) is 2.95. The number of amides is 2. The normalized spacial score (nSPS) is 13.6. The minimum atomic E-state index is -1.04. The van der Waals surface area contributed by atoms with Crippen LogP contribution >= 0.6 is 0 Å². The summed E-state index contributed by atoms with van der Waals surface area (Å²) in [5.74, 6) is -1.04. The fourth-order valence-electron chi connectivity index (χ4n) is 3.39. The van der Waals surface area contributed by atoms with Gasteiger partial charge in [-0.25, -0.2) is 9.59 Å². The van der Waals surface area contributed by atoms with Crippen LogP contribution in [-0.2, 0) is 4.79 Å². The van der Waals surface area contributed by atoms with E-state index in [2.05, 4.69) is 10.6 Å². The van der Waals surface area contributed by atoms with Gasteiger partial charge < -0.3 is 21.5 Å². The van der Waals surface area contributed by atoms with Gasteiger partial charge in [0.05, 0.1) is 6.04 Å². The number of carboxylic acids is 1. The molecule has 0 spiro atoms. The van der Waals surface area contributed by atoms with Gasteiger partial charge in [0.25, 0.3) is 0 Å². The van der Waals surface area contributed by atoms with E-state index in [-0.39, 0.29) is 6.04 Å². The summed E-state index contributed by atoms with van der Waals surface area (Å²) in [4.78, 5) is 23.8. The number of carbonyl (C=O) groups excluding carboxylic acids is 1. The zero-order valence-electron chi connectivity index (χ0n) is 14.4. The fraction of sp³-hybridized carbons (Fsp3) is 0.300. The lowest BCUT2D eigenvalue weighted by atomic mass is 10.1. The Bertz CT molecular complexity index is 761. The molecule has 6 nitrogen and oxygen atoms in total. The summed E-state index contributed by atoms with van der Waals surface area (Å²) in [6.07, 6.45) is 1.75. The summed E-state index contributed by atoms with van der Waals surface area (Å²) >= 11 is 0. The third-order valence-electron chi connectivity index (χ3n) is 4.66. The quantitative estimate of drug-likeness (QED) is 0.574. The van der Waals surface area contributed by atoms with E-state index in [4.69, 9.17) is 5.73 Å². The molecule has 6 heteroatoms. The van der Waals surface area contributed by atoms with Crippen molar-refractivity contribution in [1.29, 1.82) is 0 Å². The van der Waals surface area contributed by atoms with Crippen molar-refractivity contribution in [1.82, 2.24) is 10.6 Å². The molecule has 0 unspecified atom stereocenters. The van der Waals surface area contributed by atoms with Crippen LogP contribution in [0.5, 0.6) is 0 Å². The Balaban J connectivity index is 1.74. The molecule has 1 atom stereocenters. The number of unbranched alkanes of at least 4 members (excludes halogenated alkanes) is 1. The van der Waals surface area contributed by atoms with E-state index < -0.39 is 18.0 Å². The average molecular weight is 353 g/mol. The first kappa shape index (κ1) is 17.9. The first-order valence-electron chi connectivity index (χ1n) is 8.80. The Hall–Kier alpha value is -2.86. The van der Waals surface area contributed by atoms with Crippen molar-refractivity contribution in [3.05, 3.63) is 59.7 Å². The van der Waals surface area contributed by atoms with Crippen LogP contribution in [0.4, 0.5) is 4.79 Å². The van der Waals surface area contributed by atoms with Gasteiger partial charge in [0, 0.05) is 0 Å². The SMILES string of the molecule is NCCCC[C@@H](NC(=O)NC1c2ccccc2-c2ccccc21)C(=O)O. The molecule has 0 fully saturated rings. The van der Waals surface area contributed by atoms with Crippen LogP contribution in [0, 0.1) is 0 Å². The molecule has 0 saturated heterocycles. The molecule has 0 heterocycles. The molecule has 1 aliphatic rings. The largest absolute Gasteiger partial charge is 0.480 e. The van der Waals surface area contributed by atoms with Crippen molar-refractivity contribution in [2.24, 2.45) is 5.73 Å². The Morgan fingerprint density at radius 2 is 1.58 bits per heavy atom. The molecule has 0 aliphatic heterocycles. The lowest BCUT2D eigenvalue weighted by Gasteiger charge is -2.19. The molecule has 1 aliphatic carbocycles. The second kappa shape index (κ2) is 8.01. The second-order valence-corrected chi connectivity index (χ2v) is 6.40. The highest BCUT2D eigenvalue weighted by molar-refractivity contribution is 5.85. The van der Waals surface area contributed by atoms with E-state index in [1.807, 2.05) is 48.5 Å². The molecule has 0 aromatic heterocycles. The maximum absolute atomic E-state index is 12.5. The standard InChI is InChI=1S/C20H23N3O3/c21-12-6-5-11-17(19(24)25)22-20(26)23-18-15-9-3-1-7-13(15)14-8-2-4-10-16(14)18/h1-4,7-10,17-18H,5-6,11-12,21H2,(H,24,25)(H2,22,23,26)/t17-/m1/s1. The molecule has 2 amide bonds. The summed E-state index contributed by atoms with van der Waals surface area (Å²) in [6, 6.07) is 14.1. The number of rotatable bonds is 7. The van der Waals surface area contributed by atoms with E-state index in [9.17, 15) is 14.7 Å². The Labute approximate surface area is 152 Å². The van der Waals surface area contributed by atoms with E-state index >= 15 is 0 Å². The Morgan fingerprint density at radius 1 is 1.00 bits per heavy atom. The van der Waals surface area contributed by atoms with Crippen LogP contribution in [0.25, 0.3) is 11.1 Å². The predicted molar refractivity (Wildman–Crippen MR) is 99.7 cm³/mol. The van der Waals surface area contributed by atoms with Gasteiger partial charge in [-0.15, -0.1) is 0 Å². The van der Waals surface area contributed by atoms with Crippen molar-refractivity contribution in [2.45, 2.75) is 31.3 Å². The van der Waals surface area contributed by atoms with Gasteiger partial charge in [-0.1, -0.05) is 48.5 Å². The number of carboxylic acid groups (broad SMARTS) is 1. The van der Waals surface area contributed by atoms with Gasteiger partial charge in [-0.3, -0.25) is 0 Å². The van der Waals surface area contributed by atoms with E-state index in [0.29, 0.717) is 19.4 Å². The van der Waals surface area contributed by atoms with Crippen LogP contribution in [0.3, 0.4) is 0 Å². The Kier molecular flexibility index (Phi) is 5.53. The molecular formula is C20H23N3O3. The molecule has 3 rings (SSSR count). The molecule has 2 aromatic rings. The minimum Gasteiger partial charge on any atom is -0.480 e. The fourth-order valence-corrected chi connectivity index (χ4v) is 3.39. The highest BCUT2D eigenvalue weighted by Gasteiger charge is 2.30. The lowest BCUT2D eigenvalue weighted by molar-refractivity contribution is -0.139. The summed E-state index contributed by atoms with van der Waals surface area (Å²) in [5, 5.41) is 14.8. The highest BCUT2D eigenvalue weighted by atomic mass is 16.4. The van der Waals surface area contributed by atoms with Crippen molar-refractivity contribution in [2.75, 3.05) is 6.54 Å². The van der Waals surface area contributed by atoms with Gasteiger partial charge in [0.15, 0.2) is 0 Å². The monoisotopic (exact) mass is 353 g/mol. The molecular weight excluding hydrogens is 330 g/mol. The molecule has 136 valence electrons. The summed E-state index contributed by atoms with van der Waals surface area (Å²) < 4.78 is 0. The number of hydrogen-bond acceptors (Lipinski definition) is 3. The third-order valence-corrected chi connectivity index (χ3v) is 4.66. The van der Waals surface area contributed by atoms with Gasteiger partial charge in [0.2, 0.25) is 0 Å². The van der Waals surface area contributed by atoms with E-state index in [1.165, 1.54) is 0 Å². The highest BCUT2D eigenvalue weighted by Crippen LogP contribution is 2.42. The number of benzene rings is 2. The van der Waals surface area contributed by atoms with Crippen LogP contribution in [0.15, 0.2) is 48.5 Å². The summed E-state index contributed by atoms with van der Waals surface area (Å²) in [7, 11) is 0. The topological polar surface area (TPSA) is 104 Å². The van der Waals surface area contributed by atoms with Gasteiger partial charge >= 0.3 is 12.0 Å². The molecule has 0 saturated carbocycles. The first-order valence-corrected chi connectivity index (χ1v) is 8.80. The molecule has 26 heavy (non-hydrogen) atoms. The first-order chi connectivity index (χ1) is 12.6. The maximum atomic E-state index is 12.5. The summed E-state index contributed by atoms with van der Waals surface area (Å²) in [6.45, 7) is 0.508. The van der Waals surface area contributed by atoms with Crippen molar-refractivity contribution < 1.29 is 14.7 Å². The van der Waals surface area contributed by atoms with Crippen molar-refractivity contribution in [3.8, 4) is 11.1 Å². The zero-order valence-corrected chi connectivity index (χ0v) is 14.4. The van der Waals surface area contributed by atoms with Crippen molar-refractivity contribution in [3.63, 3.8) is 0 Å². The predicted octanol–water partition coefficient (Wildman–Crippen LogP) is 2.64. The minimum absolute atomic E-state index is 0.291. The van der Waals surface area contributed by atoms with Crippen LogP contribution in [0.2, 0.25) is 0 Å². The van der Waals surface area contributed by atoms with E-state index in [0.717, 1.165) is 28.7 Å². The van der Waals surface area contributed by atoms with Gasteiger partial charge in [-0.05, 0) is 48.1 Å². The molecule has 0 bridgehead atoms. The van der Waals surface area contributed by atoms with Gasteiger partial charge in [-0.2, -0.15) is 0 Å². The maximum Gasteiger partial charge on any atom is 0.326 e. The number of fused-ring (bicyclic) bond motifs is 3. The second-order valence-electron chi connectivity index (χ2n) is 6.40. The smallest absolute Gasteiger partial charge is 0.326 e. The lowest BCUT2D eigenvalue weighted by Crippen LogP contribution is -2.46. The third kappa shape index (κ3) is 3.70. The molecule has 0 radical (unpaired) electrons. The number of urea groups is 1. The van der Waals surface area contributed by atoms with Crippen LogP contribution < -0.4 is 16.4 Å². The summed E-state index contributed by atoms with van der Waals surface area (Å²) in [5.41, 5.74) is 9.65. The number of nitrogens with one attached hydrogen (secondary N) is 2. The number of hydrogen-bond donors (Lipinski definition) is 4. The van der Waals surface area contributed by atoms with Crippen LogP contribution in [-0.4, -0.2) is 29.7 Å². The zero-order chi connectivity index (χ0) is 18.5. The van der Waals surface area contributed by atoms with Gasteiger partial charge in [0.1, 0.15) is 6.04 Å². The number of carbonyl (C=O) groups is 2. The molecule has 2 aromatic carbocycles. The molecule has 5 N–H and O–H groups in total. The Morgan fingerprint density at radius 3 is 2.12 bits per heavy atom. The van der Waals surface area contributed by atoms with Crippen LogP contribution in [0.1, 0.15) is 36.4 Å².